The molecule has 1 aromatic rings. The molecule has 6 heteroatoms. The van der Waals surface area contributed by atoms with E-state index in [1.807, 2.05) is 11.0 Å². The van der Waals surface area contributed by atoms with Gasteiger partial charge in [0.15, 0.2) is 0 Å². The van der Waals surface area contributed by atoms with Gasteiger partial charge in [-0.3, -0.25) is 4.79 Å². The molecule has 0 aromatic heterocycles. The van der Waals surface area contributed by atoms with Gasteiger partial charge in [-0.25, -0.2) is 13.1 Å². The quantitative estimate of drug-likeness (QED) is 0.903. The number of piperidine rings is 1. The summed E-state index contributed by atoms with van der Waals surface area (Å²) in [5.41, 5.74) is 3.47. The first-order valence-electron chi connectivity index (χ1n) is 8.78. The lowest BCUT2D eigenvalue weighted by Crippen LogP contribution is -2.43. The summed E-state index contributed by atoms with van der Waals surface area (Å²) in [4.78, 5) is 14.7. The Kier molecular flexibility index (Phi) is 5.25. The Morgan fingerprint density at radius 1 is 1.21 bits per heavy atom. The largest absolute Gasteiger partial charge is 0.338 e. The molecular weight excluding hydrogens is 324 g/mol. The zero-order chi connectivity index (χ0) is 17.2. The van der Waals surface area contributed by atoms with E-state index in [-0.39, 0.29) is 11.8 Å². The average Bonchev–Trinajstić information content (AvgIpc) is 2.58. The van der Waals surface area contributed by atoms with Crippen LogP contribution in [-0.2, 0) is 22.9 Å². The Hall–Kier alpha value is -1.40. The lowest BCUT2D eigenvalue weighted by molar-refractivity contribution is 0.0676. The third-order valence-electron chi connectivity index (χ3n) is 5.04. The standard InChI is InChI=1S/C18H26N2O3S/c1-24(22,23)19-12-14-5-4-10-20(13-14)18(21)17-9-8-15-6-2-3-7-16(15)11-17/h8-9,11,14,19H,2-7,10,12-13H2,1H3/t14-/m1/s1. The van der Waals surface area contributed by atoms with E-state index in [0.29, 0.717) is 13.1 Å². The number of rotatable bonds is 4. The molecule has 132 valence electrons. The lowest BCUT2D eigenvalue weighted by Gasteiger charge is -2.33. The summed E-state index contributed by atoms with van der Waals surface area (Å²) >= 11 is 0. The molecule has 0 radical (unpaired) electrons. The first kappa shape index (κ1) is 17.4. The van der Waals surface area contributed by atoms with Crippen LogP contribution < -0.4 is 4.72 Å². The van der Waals surface area contributed by atoms with Gasteiger partial charge in [-0.05, 0) is 67.7 Å². The number of benzene rings is 1. The highest BCUT2D eigenvalue weighted by Gasteiger charge is 2.25. The Morgan fingerprint density at radius 2 is 1.96 bits per heavy atom. The van der Waals surface area contributed by atoms with Gasteiger partial charge in [0, 0.05) is 25.2 Å². The Morgan fingerprint density at radius 3 is 2.71 bits per heavy atom. The molecule has 5 nitrogen and oxygen atoms in total. The van der Waals surface area contributed by atoms with E-state index in [0.717, 1.165) is 37.8 Å². The van der Waals surface area contributed by atoms with Gasteiger partial charge in [0.25, 0.3) is 5.91 Å². The van der Waals surface area contributed by atoms with Crippen LogP contribution in [-0.4, -0.2) is 45.1 Å². The molecule has 1 heterocycles. The second kappa shape index (κ2) is 7.23. The number of hydrogen-bond acceptors (Lipinski definition) is 3. The van der Waals surface area contributed by atoms with Gasteiger partial charge < -0.3 is 4.90 Å². The van der Waals surface area contributed by atoms with Crippen molar-refractivity contribution in [3.8, 4) is 0 Å². The number of aryl methyl sites for hydroxylation is 2. The molecule has 1 aliphatic carbocycles. The number of fused-ring (bicyclic) bond motifs is 1. The molecule has 1 aliphatic heterocycles. The minimum absolute atomic E-state index is 0.0763. The van der Waals surface area contributed by atoms with Gasteiger partial charge in [0.05, 0.1) is 6.26 Å². The maximum Gasteiger partial charge on any atom is 0.253 e. The van der Waals surface area contributed by atoms with E-state index in [1.165, 1.54) is 30.2 Å². The minimum Gasteiger partial charge on any atom is -0.338 e. The molecule has 1 fully saturated rings. The first-order chi connectivity index (χ1) is 11.4. The first-order valence-corrected chi connectivity index (χ1v) is 10.7. The fourth-order valence-corrected chi connectivity index (χ4v) is 4.27. The minimum atomic E-state index is -3.18. The van der Waals surface area contributed by atoms with E-state index in [2.05, 4.69) is 16.9 Å². The number of nitrogens with one attached hydrogen (secondary N) is 1. The van der Waals surface area contributed by atoms with E-state index in [4.69, 9.17) is 0 Å². The van der Waals surface area contributed by atoms with Crippen molar-refractivity contribution in [2.75, 3.05) is 25.9 Å². The summed E-state index contributed by atoms with van der Waals surface area (Å²) in [6, 6.07) is 6.12. The maximum absolute atomic E-state index is 12.8. The predicted molar refractivity (Wildman–Crippen MR) is 94.6 cm³/mol. The predicted octanol–water partition coefficient (Wildman–Crippen LogP) is 1.97. The molecule has 0 unspecified atom stereocenters. The number of amides is 1. The van der Waals surface area contributed by atoms with Crippen molar-refractivity contribution >= 4 is 15.9 Å². The van der Waals surface area contributed by atoms with Gasteiger partial charge in [-0.2, -0.15) is 0 Å². The highest BCUT2D eigenvalue weighted by molar-refractivity contribution is 7.88. The van der Waals surface area contributed by atoms with Crippen LogP contribution >= 0.6 is 0 Å². The summed E-state index contributed by atoms with van der Waals surface area (Å²) in [7, 11) is -3.18. The molecule has 1 saturated heterocycles. The Labute approximate surface area is 144 Å². The molecular formula is C18H26N2O3S. The number of hydrogen-bond donors (Lipinski definition) is 1. The lowest BCUT2D eigenvalue weighted by atomic mass is 9.90. The maximum atomic E-state index is 12.8. The molecule has 0 bridgehead atoms. The van der Waals surface area contributed by atoms with Gasteiger partial charge in [-0.1, -0.05) is 6.07 Å². The van der Waals surface area contributed by atoms with Crippen LogP contribution in [0.5, 0.6) is 0 Å². The third kappa shape index (κ3) is 4.36. The number of nitrogens with zero attached hydrogens (tertiary/aromatic N) is 1. The number of carbonyl (C=O) groups is 1. The second-order valence-electron chi connectivity index (χ2n) is 7.07. The van der Waals surface area contributed by atoms with Crippen molar-refractivity contribution in [2.24, 2.45) is 5.92 Å². The molecule has 3 rings (SSSR count). The summed E-state index contributed by atoms with van der Waals surface area (Å²) in [5, 5.41) is 0. The van der Waals surface area contributed by atoms with Crippen LogP contribution in [0.1, 0.15) is 47.2 Å². The molecule has 1 amide bonds. The molecule has 2 aliphatic rings. The number of likely N-dealkylation sites (tertiary alicyclic amines) is 1. The van der Waals surface area contributed by atoms with Crippen molar-refractivity contribution in [2.45, 2.75) is 38.5 Å². The van der Waals surface area contributed by atoms with Crippen LogP contribution in [0, 0.1) is 5.92 Å². The molecule has 24 heavy (non-hydrogen) atoms. The van der Waals surface area contributed by atoms with Crippen molar-refractivity contribution < 1.29 is 13.2 Å². The second-order valence-corrected chi connectivity index (χ2v) is 8.90. The van der Waals surface area contributed by atoms with Crippen LogP contribution in [0.2, 0.25) is 0 Å². The van der Waals surface area contributed by atoms with Crippen molar-refractivity contribution in [1.82, 2.24) is 9.62 Å². The summed E-state index contributed by atoms with van der Waals surface area (Å²) in [6.07, 6.45) is 7.67. The molecule has 1 atom stereocenters. The van der Waals surface area contributed by atoms with Crippen LogP contribution in [0.25, 0.3) is 0 Å². The van der Waals surface area contributed by atoms with E-state index in [1.54, 1.807) is 0 Å². The SMILES string of the molecule is CS(=O)(=O)NC[C@H]1CCCN(C(=O)c2ccc3c(c2)CCCC3)C1. The van der Waals surface area contributed by atoms with Crippen molar-refractivity contribution in [1.29, 1.82) is 0 Å². The van der Waals surface area contributed by atoms with Gasteiger partial charge >= 0.3 is 0 Å². The third-order valence-corrected chi connectivity index (χ3v) is 5.73. The summed E-state index contributed by atoms with van der Waals surface area (Å²) in [6.45, 7) is 1.79. The van der Waals surface area contributed by atoms with E-state index >= 15 is 0 Å². The fraction of sp³-hybridized carbons (Fsp3) is 0.611. The average molecular weight is 350 g/mol. The smallest absolute Gasteiger partial charge is 0.253 e. The Balaban J connectivity index is 1.66. The summed E-state index contributed by atoms with van der Waals surface area (Å²) < 4.78 is 25.1. The van der Waals surface area contributed by atoms with Crippen LogP contribution in [0.3, 0.4) is 0 Å². The molecule has 0 saturated carbocycles. The van der Waals surface area contributed by atoms with Crippen LogP contribution in [0.4, 0.5) is 0 Å². The van der Waals surface area contributed by atoms with Crippen LogP contribution in [0.15, 0.2) is 18.2 Å². The monoisotopic (exact) mass is 350 g/mol. The zero-order valence-electron chi connectivity index (χ0n) is 14.3. The van der Waals surface area contributed by atoms with Gasteiger partial charge in [0.2, 0.25) is 10.0 Å². The van der Waals surface area contributed by atoms with Gasteiger partial charge in [0.1, 0.15) is 0 Å². The van der Waals surface area contributed by atoms with Crippen molar-refractivity contribution in [3.05, 3.63) is 34.9 Å². The van der Waals surface area contributed by atoms with E-state index < -0.39 is 10.0 Å². The van der Waals surface area contributed by atoms with Crippen molar-refractivity contribution in [3.63, 3.8) is 0 Å². The zero-order valence-corrected chi connectivity index (χ0v) is 15.1. The highest BCUT2D eigenvalue weighted by atomic mass is 32.2. The number of sulfonamides is 1. The molecule has 0 spiro atoms. The van der Waals surface area contributed by atoms with E-state index in [9.17, 15) is 13.2 Å². The van der Waals surface area contributed by atoms with Gasteiger partial charge in [-0.15, -0.1) is 0 Å². The molecule has 1 N–H and O–H groups in total. The highest BCUT2D eigenvalue weighted by Crippen LogP contribution is 2.24. The normalized spacial score (nSPS) is 21.4. The fourth-order valence-electron chi connectivity index (χ4n) is 3.73. The Bertz CT molecular complexity index is 715. The topological polar surface area (TPSA) is 66.5 Å². The summed E-state index contributed by atoms with van der Waals surface area (Å²) in [5.74, 6) is 0.266. The number of carbonyl (C=O) groups excluding carboxylic acids is 1. The molecule has 1 aromatic carbocycles.